The Balaban J connectivity index is 2.60. The lowest BCUT2D eigenvalue weighted by Crippen LogP contribution is -2.45. The van der Waals surface area contributed by atoms with E-state index in [4.69, 9.17) is 5.11 Å². The van der Waals surface area contributed by atoms with E-state index in [1.807, 2.05) is 6.92 Å². The minimum absolute atomic E-state index is 0.0983. The van der Waals surface area contributed by atoms with Gasteiger partial charge in [0, 0.05) is 11.9 Å². The highest BCUT2D eigenvalue weighted by molar-refractivity contribution is 5.84. The first-order chi connectivity index (χ1) is 8.54. The van der Waals surface area contributed by atoms with E-state index in [0.29, 0.717) is 12.1 Å². The Morgan fingerprint density at radius 1 is 1.44 bits per heavy atom. The average Bonchev–Trinajstić information content (AvgIpc) is 2.36. The van der Waals surface area contributed by atoms with Gasteiger partial charge in [-0.25, -0.2) is 4.79 Å². The standard InChI is InChI=1S/C13H18N2O3/c1-3-9(2)12(13(17)18)15-11(16)8-10-6-4-5-7-14-10/h4-7,9,12H,3,8H2,1-2H3,(H,15,16)(H,17,18). The van der Waals surface area contributed by atoms with E-state index in [1.165, 1.54) is 0 Å². The zero-order chi connectivity index (χ0) is 13.5. The predicted molar refractivity (Wildman–Crippen MR) is 67.0 cm³/mol. The van der Waals surface area contributed by atoms with Crippen molar-refractivity contribution < 1.29 is 14.7 Å². The number of hydrogen-bond acceptors (Lipinski definition) is 3. The van der Waals surface area contributed by atoms with Crippen molar-refractivity contribution in [1.29, 1.82) is 0 Å². The first-order valence-electron chi connectivity index (χ1n) is 5.96. The quantitative estimate of drug-likeness (QED) is 0.796. The van der Waals surface area contributed by atoms with Crippen LogP contribution in [0.15, 0.2) is 24.4 Å². The van der Waals surface area contributed by atoms with E-state index >= 15 is 0 Å². The van der Waals surface area contributed by atoms with Crippen molar-refractivity contribution in [3.8, 4) is 0 Å². The molecule has 1 rings (SSSR count). The Kier molecular flexibility index (Phi) is 5.30. The van der Waals surface area contributed by atoms with Gasteiger partial charge in [0.2, 0.25) is 5.91 Å². The number of pyridine rings is 1. The van der Waals surface area contributed by atoms with Crippen molar-refractivity contribution in [3.63, 3.8) is 0 Å². The third-order valence-electron chi connectivity index (χ3n) is 2.86. The highest BCUT2D eigenvalue weighted by Crippen LogP contribution is 2.08. The lowest BCUT2D eigenvalue weighted by molar-refractivity contribution is -0.143. The molecule has 0 aliphatic heterocycles. The van der Waals surface area contributed by atoms with Gasteiger partial charge in [0.1, 0.15) is 6.04 Å². The smallest absolute Gasteiger partial charge is 0.326 e. The van der Waals surface area contributed by atoms with Gasteiger partial charge >= 0.3 is 5.97 Å². The highest BCUT2D eigenvalue weighted by Gasteiger charge is 2.25. The summed E-state index contributed by atoms with van der Waals surface area (Å²) in [6.07, 6.45) is 2.40. The molecule has 2 unspecified atom stereocenters. The summed E-state index contributed by atoms with van der Waals surface area (Å²) in [5.41, 5.74) is 0.628. The zero-order valence-electron chi connectivity index (χ0n) is 10.6. The van der Waals surface area contributed by atoms with Crippen LogP contribution < -0.4 is 5.32 Å². The van der Waals surface area contributed by atoms with Crippen LogP contribution in [0.3, 0.4) is 0 Å². The molecular formula is C13H18N2O3. The van der Waals surface area contributed by atoms with Gasteiger partial charge in [0.25, 0.3) is 0 Å². The Bertz CT molecular complexity index is 406. The zero-order valence-corrected chi connectivity index (χ0v) is 10.6. The number of nitrogens with zero attached hydrogens (tertiary/aromatic N) is 1. The summed E-state index contributed by atoms with van der Waals surface area (Å²) in [5, 5.41) is 11.6. The van der Waals surface area contributed by atoms with Crippen LogP contribution >= 0.6 is 0 Å². The molecule has 0 radical (unpaired) electrons. The molecule has 0 saturated heterocycles. The Morgan fingerprint density at radius 3 is 2.67 bits per heavy atom. The van der Waals surface area contributed by atoms with E-state index in [1.54, 1.807) is 31.3 Å². The monoisotopic (exact) mass is 250 g/mol. The number of carboxylic acid groups (broad SMARTS) is 1. The second kappa shape index (κ2) is 6.74. The van der Waals surface area contributed by atoms with Gasteiger partial charge in [0.15, 0.2) is 0 Å². The normalized spacial score (nSPS) is 13.7. The maximum Gasteiger partial charge on any atom is 0.326 e. The van der Waals surface area contributed by atoms with Crippen molar-refractivity contribution in [2.75, 3.05) is 0 Å². The number of carbonyl (C=O) groups is 2. The van der Waals surface area contributed by atoms with Crippen LogP contribution in [0.5, 0.6) is 0 Å². The molecule has 1 aromatic heterocycles. The van der Waals surface area contributed by atoms with Gasteiger partial charge in [-0.3, -0.25) is 9.78 Å². The molecule has 0 saturated carbocycles. The third-order valence-corrected chi connectivity index (χ3v) is 2.86. The topological polar surface area (TPSA) is 79.3 Å². The number of aromatic nitrogens is 1. The summed E-state index contributed by atoms with van der Waals surface area (Å²) in [6, 6.07) is 4.45. The van der Waals surface area contributed by atoms with E-state index in [0.717, 1.165) is 0 Å². The molecule has 5 nitrogen and oxygen atoms in total. The number of hydrogen-bond donors (Lipinski definition) is 2. The van der Waals surface area contributed by atoms with Crippen molar-refractivity contribution in [2.45, 2.75) is 32.7 Å². The molecule has 98 valence electrons. The SMILES string of the molecule is CCC(C)C(NC(=O)Cc1ccccn1)C(=O)O. The maximum atomic E-state index is 11.7. The molecule has 1 aromatic rings. The van der Waals surface area contributed by atoms with Gasteiger partial charge in [-0.2, -0.15) is 0 Å². The van der Waals surface area contributed by atoms with Crippen LogP contribution in [0.25, 0.3) is 0 Å². The average molecular weight is 250 g/mol. The molecule has 0 aliphatic carbocycles. The van der Waals surface area contributed by atoms with Crippen molar-refractivity contribution in [3.05, 3.63) is 30.1 Å². The molecule has 2 atom stereocenters. The predicted octanol–water partition coefficient (Wildman–Crippen LogP) is 1.24. The number of aliphatic carboxylic acids is 1. The van der Waals surface area contributed by atoms with Crippen molar-refractivity contribution in [1.82, 2.24) is 10.3 Å². The maximum absolute atomic E-state index is 11.7. The van der Waals surface area contributed by atoms with E-state index in [2.05, 4.69) is 10.3 Å². The number of nitrogens with one attached hydrogen (secondary N) is 1. The summed E-state index contributed by atoms with van der Waals surface area (Å²) in [6.45, 7) is 3.70. The molecule has 2 N–H and O–H groups in total. The van der Waals surface area contributed by atoms with E-state index in [9.17, 15) is 9.59 Å². The molecule has 0 aromatic carbocycles. The van der Waals surface area contributed by atoms with Crippen molar-refractivity contribution >= 4 is 11.9 Å². The van der Waals surface area contributed by atoms with Crippen LogP contribution in [-0.4, -0.2) is 28.0 Å². The molecule has 0 bridgehead atoms. The molecule has 0 spiro atoms. The fraction of sp³-hybridized carbons (Fsp3) is 0.462. The largest absolute Gasteiger partial charge is 0.480 e. The summed E-state index contributed by atoms with van der Waals surface area (Å²) in [7, 11) is 0. The molecular weight excluding hydrogens is 232 g/mol. The van der Waals surface area contributed by atoms with Crippen LogP contribution in [0.2, 0.25) is 0 Å². The minimum Gasteiger partial charge on any atom is -0.480 e. The molecule has 1 amide bonds. The molecule has 5 heteroatoms. The number of rotatable bonds is 6. The Labute approximate surface area is 106 Å². The summed E-state index contributed by atoms with van der Waals surface area (Å²) in [5.74, 6) is -1.42. The molecule has 0 fully saturated rings. The third kappa shape index (κ3) is 4.16. The fourth-order valence-corrected chi connectivity index (χ4v) is 1.57. The van der Waals surface area contributed by atoms with Crippen LogP contribution in [-0.2, 0) is 16.0 Å². The van der Waals surface area contributed by atoms with E-state index in [-0.39, 0.29) is 18.2 Å². The van der Waals surface area contributed by atoms with Gasteiger partial charge in [0.05, 0.1) is 6.42 Å². The summed E-state index contributed by atoms with van der Waals surface area (Å²) >= 11 is 0. The second-order valence-corrected chi connectivity index (χ2v) is 4.27. The van der Waals surface area contributed by atoms with Crippen LogP contribution in [0.4, 0.5) is 0 Å². The second-order valence-electron chi connectivity index (χ2n) is 4.27. The lowest BCUT2D eigenvalue weighted by Gasteiger charge is -2.19. The highest BCUT2D eigenvalue weighted by atomic mass is 16.4. The van der Waals surface area contributed by atoms with Gasteiger partial charge in [-0.1, -0.05) is 26.3 Å². The van der Waals surface area contributed by atoms with Gasteiger partial charge in [-0.15, -0.1) is 0 Å². The van der Waals surface area contributed by atoms with Gasteiger partial charge in [-0.05, 0) is 18.1 Å². The summed E-state index contributed by atoms with van der Waals surface area (Å²) < 4.78 is 0. The molecule has 1 heterocycles. The number of amides is 1. The first kappa shape index (κ1) is 14.2. The Hall–Kier alpha value is -1.91. The first-order valence-corrected chi connectivity index (χ1v) is 5.96. The Morgan fingerprint density at radius 2 is 2.17 bits per heavy atom. The molecule has 0 aliphatic rings. The van der Waals surface area contributed by atoms with Crippen LogP contribution in [0.1, 0.15) is 26.0 Å². The van der Waals surface area contributed by atoms with Crippen molar-refractivity contribution in [2.24, 2.45) is 5.92 Å². The fourth-order valence-electron chi connectivity index (χ4n) is 1.57. The molecule has 18 heavy (non-hydrogen) atoms. The van der Waals surface area contributed by atoms with Crippen LogP contribution in [0, 0.1) is 5.92 Å². The van der Waals surface area contributed by atoms with E-state index < -0.39 is 12.0 Å². The minimum atomic E-state index is -1.00. The number of carboxylic acids is 1. The summed E-state index contributed by atoms with van der Waals surface area (Å²) in [4.78, 5) is 26.8. The number of carbonyl (C=O) groups excluding carboxylic acids is 1. The lowest BCUT2D eigenvalue weighted by atomic mass is 9.99. The van der Waals surface area contributed by atoms with Gasteiger partial charge < -0.3 is 10.4 Å².